The molecule has 1 aromatic carbocycles. The van der Waals surface area contributed by atoms with Crippen LogP contribution in [0.1, 0.15) is 10.4 Å². The standard InChI is InChI=1S/C9H10FNOS/c10-8-3-1-7(2-4-8)9(12)11-5-6-13/h1-4,13H,5-6H2,(H,11,12). The first-order valence-corrected chi connectivity index (χ1v) is 4.52. The van der Waals surface area contributed by atoms with Gasteiger partial charge in [0.15, 0.2) is 0 Å². The lowest BCUT2D eigenvalue weighted by atomic mass is 10.2. The number of carbonyl (C=O) groups is 1. The summed E-state index contributed by atoms with van der Waals surface area (Å²) in [6, 6.07) is 5.41. The summed E-state index contributed by atoms with van der Waals surface area (Å²) < 4.78 is 12.5. The number of hydrogen-bond donors (Lipinski definition) is 2. The molecule has 1 aromatic rings. The van der Waals surface area contributed by atoms with Crippen molar-refractivity contribution in [2.24, 2.45) is 0 Å². The minimum atomic E-state index is -0.342. The van der Waals surface area contributed by atoms with Gasteiger partial charge in [-0.25, -0.2) is 4.39 Å². The topological polar surface area (TPSA) is 29.1 Å². The Morgan fingerprint density at radius 3 is 2.54 bits per heavy atom. The molecule has 0 aliphatic rings. The van der Waals surface area contributed by atoms with E-state index in [4.69, 9.17) is 0 Å². The van der Waals surface area contributed by atoms with Crippen molar-refractivity contribution in [1.29, 1.82) is 0 Å². The lowest BCUT2D eigenvalue weighted by Crippen LogP contribution is -2.25. The zero-order chi connectivity index (χ0) is 9.68. The molecule has 13 heavy (non-hydrogen) atoms. The second kappa shape index (κ2) is 4.87. The highest BCUT2D eigenvalue weighted by molar-refractivity contribution is 7.80. The summed E-state index contributed by atoms with van der Waals surface area (Å²) in [5, 5.41) is 2.63. The Hall–Kier alpha value is -1.03. The van der Waals surface area contributed by atoms with E-state index in [9.17, 15) is 9.18 Å². The summed E-state index contributed by atoms with van der Waals surface area (Å²) in [5.74, 6) is 0.0484. The molecule has 1 rings (SSSR count). The molecule has 0 unspecified atom stereocenters. The minimum absolute atomic E-state index is 0.200. The van der Waals surface area contributed by atoms with Crippen LogP contribution in [-0.4, -0.2) is 18.2 Å². The van der Waals surface area contributed by atoms with Crippen LogP contribution in [0.3, 0.4) is 0 Å². The molecular formula is C9H10FNOS. The second-order valence-corrected chi connectivity index (χ2v) is 2.93. The van der Waals surface area contributed by atoms with Crippen LogP contribution in [-0.2, 0) is 0 Å². The molecule has 0 atom stereocenters. The number of benzene rings is 1. The van der Waals surface area contributed by atoms with E-state index < -0.39 is 0 Å². The number of rotatable bonds is 3. The van der Waals surface area contributed by atoms with Crippen LogP contribution < -0.4 is 5.32 Å². The number of amides is 1. The van der Waals surface area contributed by atoms with Gasteiger partial charge >= 0.3 is 0 Å². The van der Waals surface area contributed by atoms with Crippen LogP contribution in [0, 0.1) is 5.82 Å². The van der Waals surface area contributed by atoms with Crippen LogP contribution in [0.15, 0.2) is 24.3 Å². The second-order valence-electron chi connectivity index (χ2n) is 2.49. The maximum atomic E-state index is 12.5. The van der Waals surface area contributed by atoms with Gasteiger partial charge in [0, 0.05) is 17.9 Å². The third-order valence-corrected chi connectivity index (χ3v) is 1.73. The van der Waals surface area contributed by atoms with Crippen molar-refractivity contribution >= 4 is 18.5 Å². The smallest absolute Gasteiger partial charge is 0.251 e. The van der Waals surface area contributed by atoms with E-state index in [-0.39, 0.29) is 11.7 Å². The third-order valence-electron chi connectivity index (χ3n) is 1.50. The van der Waals surface area contributed by atoms with Gasteiger partial charge < -0.3 is 5.32 Å². The minimum Gasteiger partial charge on any atom is -0.351 e. The van der Waals surface area contributed by atoms with Crippen molar-refractivity contribution in [2.75, 3.05) is 12.3 Å². The first-order valence-electron chi connectivity index (χ1n) is 3.88. The number of hydrogen-bond acceptors (Lipinski definition) is 2. The molecule has 0 aliphatic carbocycles. The first kappa shape index (κ1) is 10.1. The quantitative estimate of drug-likeness (QED) is 0.709. The Bertz CT molecular complexity index is 286. The van der Waals surface area contributed by atoms with Crippen LogP contribution in [0.5, 0.6) is 0 Å². The van der Waals surface area contributed by atoms with Gasteiger partial charge in [0.05, 0.1) is 0 Å². The third kappa shape index (κ3) is 3.06. The molecule has 0 saturated carbocycles. The highest BCUT2D eigenvalue weighted by Crippen LogP contribution is 2.01. The van der Waals surface area contributed by atoms with Gasteiger partial charge in [-0.2, -0.15) is 12.6 Å². The Labute approximate surface area is 81.6 Å². The predicted molar refractivity (Wildman–Crippen MR) is 52.6 cm³/mol. The van der Waals surface area contributed by atoms with Crippen molar-refractivity contribution in [3.8, 4) is 0 Å². The number of nitrogens with one attached hydrogen (secondary N) is 1. The summed E-state index contributed by atoms with van der Waals surface area (Å²) in [6.45, 7) is 0.513. The van der Waals surface area contributed by atoms with E-state index in [0.29, 0.717) is 17.9 Å². The molecule has 0 aliphatic heterocycles. The Morgan fingerprint density at radius 1 is 1.38 bits per heavy atom. The van der Waals surface area contributed by atoms with Crippen molar-refractivity contribution < 1.29 is 9.18 Å². The number of thiol groups is 1. The van der Waals surface area contributed by atoms with Crippen molar-refractivity contribution in [2.45, 2.75) is 0 Å². The monoisotopic (exact) mass is 199 g/mol. The fourth-order valence-electron chi connectivity index (χ4n) is 0.873. The summed E-state index contributed by atoms with van der Waals surface area (Å²) in [4.78, 5) is 11.2. The number of carbonyl (C=O) groups excluding carboxylic acids is 1. The molecule has 0 heterocycles. The van der Waals surface area contributed by atoms with Crippen LogP contribution in [0.4, 0.5) is 4.39 Å². The molecule has 1 amide bonds. The molecule has 1 N–H and O–H groups in total. The molecule has 0 radical (unpaired) electrons. The SMILES string of the molecule is O=C(NCCS)c1ccc(F)cc1. The van der Waals surface area contributed by atoms with Crippen molar-refractivity contribution in [3.63, 3.8) is 0 Å². The summed E-state index contributed by atoms with van der Waals surface area (Å²) in [6.07, 6.45) is 0. The first-order chi connectivity index (χ1) is 6.24. The van der Waals surface area contributed by atoms with E-state index in [0.717, 1.165) is 0 Å². The molecule has 0 fully saturated rings. The largest absolute Gasteiger partial charge is 0.351 e. The normalized spacial score (nSPS) is 9.69. The lowest BCUT2D eigenvalue weighted by molar-refractivity contribution is 0.0956. The van der Waals surface area contributed by atoms with Gasteiger partial charge in [-0.05, 0) is 24.3 Å². The summed E-state index contributed by atoms with van der Waals surface area (Å²) in [5.41, 5.74) is 0.461. The fraction of sp³-hybridized carbons (Fsp3) is 0.222. The van der Waals surface area contributed by atoms with Gasteiger partial charge in [-0.3, -0.25) is 4.79 Å². The van der Waals surface area contributed by atoms with E-state index in [2.05, 4.69) is 17.9 Å². The van der Waals surface area contributed by atoms with E-state index in [1.54, 1.807) is 0 Å². The Kier molecular flexibility index (Phi) is 3.76. The highest BCUT2D eigenvalue weighted by Gasteiger charge is 2.02. The van der Waals surface area contributed by atoms with Crippen molar-refractivity contribution in [3.05, 3.63) is 35.6 Å². The van der Waals surface area contributed by atoms with Crippen molar-refractivity contribution in [1.82, 2.24) is 5.32 Å². The predicted octanol–water partition coefficient (Wildman–Crippen LogP) is 1.49. The van der Waals surface area contributed by atoms with E-state index in [1.807, 2.05) is 0 Å². The molecule has 70 valence electrons. The molecular weight excluding hydrogens is 189 g/mol. The maximum Gasteiger partial charge on any atom is 0.251 e. The van der Waals surface area contributed by atoms with Crippen LogP contribution in [0.25, 0.3) is 0 Å². The van der Waals surface area contributed by atoms with Gasteiger partial charge in [0.25, 0.3) is 5.91 Å². The molecule has 0 saturated heterocycles. The highest BCUT2D eigenvalue weighted by atomic mass is 32.1. The molecule has 0 aromatic heterocycles. The fourth-order valence-corrected chi connectivity index (χ4v) is 0.985. The zero-order valence-corrected chi connectivity index (χ0v) is 7.85. The van der Waals surface area contributed by atoms with Gasteiger partial charge in [-0.15, -0.1) is 0 Å². The zero-order valence-electron chi connectivity index (χ0n) is 6.96. The van der Waals surface area contributed by atoms with Gasteiger partial charge in [-0.1, -0.05) is 0 Å². The Morgan fingerprint density at radius 2 is 2.00 bits per heavy atom. The Balaban J connectivity index is 2.61. The average Bonchev–Trinajstić information content (AvgIpc) is 2.15. The van der Waals surface area contributed by atoms with Gasteiger partial charge in [0.2, 0.25) is 0 Å². The maximum absolute atomic E-state index is 12.5. The lowest BCUT2D eigenvalue weighted by Gasteiger charge is -2.02. The summed E-state index contributed by atoms with van der Waals surface area (Å²) in [7, 11) is 0. The van der Waals surface area contributed by atoms with Crippen LogP contribution >= 0.6 is 12.6 Å². The molecule has 2 nitrogen and oxygen atoms in total. The van der Waals surface area contributed by atoms with E-state index >= 15 is 0 Å². The molecule has 0 bridgehead atoms. The molecule has 4 heteroatoms. The van der Waals surface area contributed by atoms with E-state index in [1.165, 1.54) is 24.3 Å². The summed E-state index contributed by atoms with van der Waals surface area (Å²) >= 11 is 3.95. The molecule has 0 spiro atoms. The van der Waals surface area contributed by atoms with Crippen LogP contribution in [0.2, 0.25) is 0 Å². The average molecular weight is 199 g/mol. The number of halogens is 1. The van der Waals surface area contributed by atoms with Gasteiger partial charge in [0.1, 0.15) is 5.82 Å².